The number of hydrogen-bond acceptors (Lipinski definition) is 6. The summed E-state index contributed by atoms with van der Waals surface area (Å²) in [5.41, 5.74) is 0.855. The molecular weight excluding hydrogens is 505 g/mol. The topological polar surface area (TPSA) is 109 Å². The first-order chi connectivity index (χ1) is 13.1. The van der Waals surface area contributed by atoms with Gasteiger partial charge in [-0.15, -0.1) is 24.0 Å². The molecule has 0 saturated carbocycles. The van der Waals surface area contributed by atoms with E-state index in [4.69, 9.17) is 4.52 Å². The summed E-state index contributed by atoms with van der Waals surface area (Å²) in [6, 6.07) is 6.92. The maximum atomic E-state index is 11.5. The summed E-state index contributed by atoms with van der Waals surface area (Å²) in [7, 11) is -3.17. The van der Waals surface area contributed by atoms with Crippen LogP contribution in [0.4, 0.5) is 0 Å². The van der Waals surface area contributed by atoms with Crippen molar-refractivity contribution in [2.45, 2.75) is 51.0 Å². The van der Waals surface area contributed by atoms with Crippen LogP contribution in [0.3, 0.4) is 0 Å². The minimum absolute atomic E-state index is 0. The van der Waals surface area contributed by atoms with E-state index in [0.717, 1.165) is 18.5 Å². The van der Waals surface area contributed by atoms with Crippen molar-refractivity contribution in [1.82, 2.24) is 20.8 Å². The molecule has 0 radical (unpaired) electrons. The lowest BCUT2D eigenvalue weighted by atomic mass is 9.97. The number of halogens is 1. The second kappa shape index (κ2) is 10.9. The molecule has 1 heterocycles. The maximum absolute atomic E-state index is 11.5. The molecule has 2 aromatic rings. The van der Waals surface area contributed by atoms with E-state index < -0.39 is 9.84 Å². The molecule has 1 aromatic heterocycles. The molecule has 8 nitrogen and oxygen atoms in total. The lowest BCUT2D eigenvalue weighted by Crippen LogP contribution is -2.38. The highest BCUT2D eigenvalue weighted by Crippen LogP contribution is 2.19. The number of aliphatic imine (C=N–C) groups is 1. The molecule has 0 aliphatic rings. The van der Waals surface area contributed by atoms with Gasteiger partial charge in [-0.05, 0) is 31.0 Å². The molecule has 29 heavy (non-hydrogen) atoms. The summed E-state index contributed by atoms with van der Waals surface area (Å²) in [5.74, 6) is 1.80. The number of aromatic nitrogens is 2. The Morgan fingerprint density at radius 2 is 1.83 bits per heavy atom. The van der Waals surface area contributed by atoms with Gasteiger partial charge in [0, 0.05) is 24.8 Å². The van der Waals surface area contributed by atoms with Crippen molar-refractivity contribution in [3.05, 3.63) is 41.5 Å². The summed E-state index contributed by atoms with van der Waals surface area (Å²) in [6.07, 6.45) is 1.95. The first-order valence-electron chi connectivity index (χ1n) is 9.24. The molecule has 0 unspecified atom stereocenters. The zero-order valence-corrected chi connectivity index (χ0v) is 20.7. The highest BCUT2D eigenvalue weighted by molar-refractivity contribution is 14.0. The van der Waals surface area contributed by atoms with Gasteiger partial charge >= 0.3 is 0 Å². The number of sulfone groups is 1. The minimum Gasteiger partial charge on any atom is -0.357 e. The van der Waals surface area contributed by atoms with Crippen LogP contribution in [-0.2, 0) is 28.2 Å². The summed E-state index contributed by atoms with van der Waals surface area (Å²) in [5, 5.41) is 10.4. The highest BCUT2D eigenvalue weighted by Gasteiger charge is 2.21. The summed E-state index contributed by atoms with van der Waals surface area (Å²) >= 11 is 0. The van der Waals surface area contributed by atoms with Crippen molar-refractivity contribution in [3.8, 4) is 0 Å². The monoisotopic (exact) mass is 535 g/mol. The molecule has 10 heteroatoms. The van der Waals surface area contributed by atoms with Gasteiger partial charge < -0.3 is 15.2 Å². The number of benzene rings is 1. The van der Waals surface area contributed by atoms with E-state index >= 15 is 0 Å². The molecule has 0 aliphatic heterocycles. The number of hydrogen-bond donors (Lipinski definition) is 2. The van der Waals surface area contributed by atoms with Crippen LogP contribution in [0.1, 0.15) is 45.0 Å². The molecular formula is C19H30IN5O3S. The van der Waals surface area contributed by atoms with Crippen molar-refractivity contribution < 1.29 is 12.9 Å². The van der Waals surface area contributed by atoms with Gasteiger partial charge in [-0.2, -0.15) is 4.98 Å². The first-order valence-corrected chi connectivity index (χ1v) is 11.1. The molecule has 1 aromatic carbocycles. The van der Waals surface area contributed by atoms with Crippen molar-refractivity contribution in [1.29, 1.82) is 0 Å². The van der Waals surface area contributed by atoms with Gasteiger partial charge in [0.2, 0.25) is 5.89 Å². The fraction of sp³-hybridized carbons (Fsp3) is 0.526. The van der Waals surface area contributed by atoms with Gasteiger partial charge in [0.15, 0.2) is 21.6 Å². The van der Waals surface area contributed by atoms with Crippen LogP contribution in [0.15, 0.2) is 38.7 Å². The molecule has 2 rings (SSSR count). The predicted molar refractivity (Wildman–Crippen MR) is 124 cm³/mol. The van der Waals surface area contributed by atoms with E-state index in [9.17, 15) is 8.42 Å². The fourth-order valence-electron chi connectivity index (χ4n) is 2.34. The molecule has 0 atom stereocenters. The van der Waals surface area contributed by atoms with Gasteiger partial charge in [0.05, 0.1) is 4.90 Å². The Labute approximate surface area is 189 Å². The quantitative estimate of drug-likeness (QED) is 0.319. The van der Waals surface area contributed by atoms with E-state index in [1.807, 2.05) is 39.8 Å². The van der Waals surface area contributed by atoms with Gasteiger partial charge in [0.1, 0.15) is 6.54 Å². The first kappa shape index (κ1) is 25.3. The molecule has 0 saturated heterocycles. The largest absolute Gasteiger partial charge is 0.357 e. The Kier molecular flexibility index (Phi) is 9.53. The van der Waals surface area contributed by atoms with E-state index in [-0.39, 0.29) is 29.4 Å². The smallest absolute Gasteiger partial charge is 0.232 e. The molecule has 0 bridgehead atoms. The molecule has 0 aliphatic carbocycles. The van der Waals surface area contributed by atoms with Crippen LogP contribution in [0.5, 0.6) is 0 Å². The van der Waals surface area contributed by atoms with E-state index in [1.54, 1.807) is 12.1 Å². The summed E-state index contributed by atoms with van der Waals surface area (Å²) < 4.78 is 28.3. The Morgan fingerprint density at radius 1 is 1.17 bits per heavy atom. The van der Waals surface area contributed by atoms with Gasteiger partial charge in [-0.1, -0.05) is 38.1 Å². The van der Waals surface area contributed by atoms with E-state index in [2.05, 4.69) is 25.8 Å². The van der Waals surface area contributed by atoms with Crippen molar-refractivity contribution in [2.75, 3.05) is 19.3 Å². The van der Waals surface area contributed by atoms with Gasteiger partial charge in [-0.3, -0.25) is 0 Å². The molecule has 2 N–H and O–H groups in total. The highest BCUT2D eigenvalue weighted by atomic mass is 127. The summed E-state index contributed by atoms with van der Waals surface area (Å²) in [4.78, 5) is 9.19. The van der Waals surface area contributed by atoms with Crippen LogP contribution in [0.2, 0.25) is 0 Å². The third kappa shape index (κ3) is 8.29. The third-order valence-electron chi connectivity index (χ3n) is 3.89. The SMILES string of the molecule is CCNC(=NCc1noc(C(C)(C)C)n1)NCCc1ccc(S(C)(=O)=O)cc1.I. The normalized spacial score (nSPS) is 12.4. The van der Waals surface area contributed by atoms with Crippen LogP contribution in [-0.4, -0.2) is 43.9 Å². The van der Waals surface area contributed by atoms with E-state index in [0.29, 0.717) is 35.7 Å². The number of nitrogens with zero attached hydrogens (tertiary/aromatic N) is 3. The van der Waals surface area contributed by atoms with Crippen LogP contribution >= 0.6 is 24.0 Å². The average molecular weight is 535 g/mol. The summed E-state index contributed by atoms with van der Waals surface area (Å²) in [6.45, 7) is 9.74. The van der Waals surface area contributed by atoms with E-state index in [1.165, 1.54) is 6.26 Å². The lowest BCUT2D eigenvalue weighted by molar-refractivity contribution is 0.318. The zero-order chi connectivity index (χ0) is 20.8. The number of nitrogens with one attached hydrogen (secondary N) is 2. The van der Waals surface area contributed by atoms with Gasteiger partial charge in [-0.25, -0.2) is 13.4 Å². The van der Waals surface area contributed by atoms with Crippen LogP contribution < -0.4 is 10.6 Å². The standard InChI is InChI=1S/C19H29N5O3S.HI/c1-6-20-18(22-13-16-23-17(27-24-16)19(2,3)4)21-12-11-14-7-9-15(10-8-14)28(5,25)26;/h7-10H,6,11-13H2,1-5H3,(H2,20,21,22);1H. The lowest BCUT2D eigenvalue weighted by Gasteiger charge is -2.11. The Hall–Kier alpha value is -1.69. The number of rotatable bonds is 7. The second-order valence-corrected chi connectivity index (χ2v) is 9.57. The van der Waals surface area contributed by atoms with Crippen molar-refractivity contribution in [2.24, 2.45) is 4.99 Å². The second-order valence-electron chi connectivity index (χ2n) is 7.55. The maximum Gasteiger partial charge on any atom is 0.232 e. The third-order valence-corrected chi connectivity index (χ3v) is 5.02. The Bertz CT molecular complexity index is 903. The average Bonchev–Trinajstić information content (AvgIpc) is 3.09. The number of guanidine groups is 1. The van der Waals surface area contributed by atoms with Crippen molar-refractivity contribution >= 4 is 39.8 Å². The molecule has 162 valence electrons. The van der Waals surface area contributed by atoms with Crippen LogP contribution in [0.25, 0.3) is 0 Å². The molecule has 0 amide bonds. The molecule has 0 spiro atoms. The Balaban J connectivity index is 0.00000420. The molecule has 0 fully saturated rings. The van der Waals surface area contributed by atoms with Gasteiger partial charge in [0.25, 0.3) is 0 Å². The predicted octanol–water partition coefficient (Wildman–Crippen LogP) is 2.69. The Morgan fingerprint density at radius 3 is 2.34 bits per heavy atom. The fourth-order valence-corrected chi connectivity index (χ4v) is 2.97. The van der Waals surface area contributed by atoms with Crippen molar-refractivity contribution in [3.63, 3.8) is 0 Å². The minimum atomic E-state index is -3.17. The zero-order valence-electron chi connectivity index (χ0n) is 17.5. The van der Waals surface area contributed by atoms with Crippen LogP contribution in [0, 0.1) is 0 Å².